The summed E-state index contributed by atoms with van der Waals surface area (Å²) in [7, 11) is 2.15. The molecule has 1 saturated heterocycles. The molecule has 0 aliphatic carbocycles. The molecule has 0 saturated carbocycles. The molecule has 0 N–H and O–H groups in total. The van der Waals surface area contributed by atoms with E-state index < -0.39 is 0 Å². The fraction of sp³-hybridized carbons (Fsp3) is 0.190. The van der Waals surface area contributed by atoms with Gasteiger partial charge in [-0.2, -0.15) is 5.10 Å². The van der Waals surface area contributed by atoms with Crippen molar-refractivity contribution in [2.45, 2.75) is 0 Å². The predicted octanol–water partition coefficient (Wildman–Crippen LogP) is 3.19. The van der Waals surface area contributed by atoms with Gasteiger partial charge in [-0.1, -0.05) is 12.1 Å². The van der Waals surface area contributed by atoms with Gasteiger partial charge in [0.2, 0.25) is 0 Å². The van der Waals surface area contributed by atoms with Crippen LogP contribution in [0.2, 0.25) is 0 Å². The van der Waals surface area contributed by atoms with Gasteiger partial charge in [-0.05, 0) is 43.4 Å². The smallest absolute Gasteiger partial charge is 0.0924 e. The molecule has 4 aromatic rings. The van der Waals surface area contributed by atoms with E-state index >= 15 is 0 Å². The maximum Gasteiger partial charge on any atom is 0.0924 e. The Labute approximate surface area is 157 Å². The van der Waals surface area contributed by atoms with Gasteiger partial charge in [0, 0.05) is 30.5 Å². The topological polar surface area (TPSA) is 50.1 Å². The van der Waals surface area contributed by atoms with Crippen LogP contribution in [0.15, 0.2) is 67.1 Å². The van der Waals surface area contributed by atoms with E-state index in [-0.39, 0.29) is 0 Å². The first kappa shape index (κ1) is 16.0. The van der Waals surface area contributed by atoms with E-state index in [2.05, 4.69) is 51.2 Å². The minimum Gasteiger partial charge on any atom is -0.357 e. The summed E-state index contributed by atoms with van der Waals surface area (Å²) in [6.45, 7) is 3.16. The number of aromatic nitrogens is 4. The molecule has 1 fully saturated rings. The van der Waals surface area contributed by atoms with Crippen molar-refractivity contribution in [3.8, 4) is 16.9 Å². The minimum atomic E-state index is 0.830. The molecule has 0 amide bonds. The van der Waals surface area contributed by atoms with Crippen LogP contribution in [-0.2, 0) is 0 Å². The Kier molecular flexibility index (Phi) is 3.83. The molecule has 1 aliphatic rings. The van der Waals surface area contributed by atoms with E-state index in [1.54, 1.807) is 6.20 Å². The van der Waals surface area contributed by atoms with Gasteiger partial charge in [0.1, 0.15) is 0 Å². The molecular weight excluding hydrogens is 336 g/mol. The third kappa shape index (κ3) is 3.04. The summed E-state index contributed by atoms with van der Waals surface area (Å²) >= 11 is 0. The monoisotopic (exact) mass is 356 g/mol. The molecule has 27 heavy (non-hydrogen) atoms. The molecule has 0 atom stereocenters. The van der Waals surface area contributed by atoms with Crippen LogP contribution in [0.5, 0.6) is 0 Å². The Hall–Kier alpha value is -3.25. The molecule has 0 radical (unpaired) electrons. The van der Waals surface area contributed by atoms with Crippen molar-refractivity contribution in [2.24, 2.45) is 0 Å². The zero-order valence-electron chi connectivity index (χ0n) is 15.2. The number of hydrogen-bond donors (Lipinski definition) is 0. The lowest BCUT2D eigenvalue weighted by atomic mass is 10.2. The van der Waals surface area contributed by atoms with Gasteiger partial charge >= 0.3 is 0 Å². The van der Waals surface area contributed by atoms with Crippen LogP contribution in [0, 0.1) is 0 Å². The van der Waals surface area contributed by atoms with E-state index in [9.17, 15) is 0 Å². The summed E-state index contributed by atoms with van der Waals surface area (Å²) in [4.78, 5) is 13.9. The number of fused-ring (bicyclic) bond motifs is 1. The summed E-state index contributed by atoms with van der Waals surface area (Å²) < 4.78 is 1.88. The highest BCUT2D eigenvalue weighted by molar-refractivity contribution is 5.76. The summed E-state index contributed by atoms with van der Waals surface area (Å²) in [6, 6.07) is 16.4. The van der Waals surface area contributed by atoms with Gasteiger partial charge in [-0.25, -0.2) is 9.67 Å². The zero-order valence-corrected chi connectivity index (χ0v) is 15.2. The summed E-state index contributed by atoms with van der Waals surface area (Å²) in [5.41, 5.74) is 5.86. The lowest BCUT2D eigenvalue weighted by Gasteiger charge is -2.18. The summed E-state index contributed by atoms with van der Waals surface area (Å²) in [5.74, 6) is 0. The number of benzene rings is 2. The number of anilines is 1. The average Bonchev–Trinajstić information content (AvgIpc) is 3.37. The van der Waals surface area contributed by atoms with Crippen LogP contribution < -0.4 is 4.90 Å². The molecule has 134 valence electrons. The van der Waals surface area contributed by atoms with Crippen molar-refractivity contribution < 1.29 is 0 Å². The highest BCUT2D eigenvalue weighted by atomic mass is 15.4. The Balaban J connectivity index is 1.41. The maximum absolute atomic E-state index is 4.70. The second-order valence-corrected chi connectivity index (χ2v) is 6.92. The van der Waals surface area contributed by atoms with Gasteiger partial charge in [-0.3, -0.25) is 9.88 Å². The Bertz CT molecular complexity index is 1090. The first-order valence-corrected chi connectivity index (χ1v) is 9.07. The van der Waals surface area contributed by atoms with Gasteiger partial charge in [-0.15, -0.1) is 0 Å². The van der Waals surface area contributed by atoms with Crippen molar-refractivity contribution in [3.05, 3.63) is 67.1 Å². The van der Waals surface area contributed by atoms with Crippen LogP contribution in [0.3, 0.4) is 0 Å². The molecule has 2 aromatic heterocycles. The predicted molar refractivity (Wildman–Crippen MR) is 107 cm³/mol. The molecule has 1 aliphatic heterocycles. The van der Waals surface area contributed by atoms with Gasteiger partial charge in [0.15, 0.2) is 0 Å². The molecule has 2 aromatic carbocycles. The number of hydrogen-bond acceptors (Lipinski definition) is 5. The van der Waals surface area contributed by atoms with Crippen LogP contribution >= 0.6 is 0 Å². The normalized spacial score (nSPS) is 14.9. The SMILES string of the molecule is CN1CCN(c2ccc(-n3cc(-c4cnc5ccccc5n4)cn3)cc2)C1. The van der Waals surface area contributed by atoms with Crippen molar-refractivity contribution >= 4 is 16.7 Å². The second kappa shape index (κ2) is 6.48. The van der Waals surface area contributed by atoms with Crippen LogP contribution in [0.1, 0.15) is 0 Å². The number of para-hydroxylation sites is 2. The van der Waals surface area contributed by atoms with Gasteiger partial charge in [0.25, 0.3) is 0 Å². The maximum atomic E-state index is 4.70. The van der Waals surface area contributed by atoms with Gasteiger partial charge in [0.05, 0.1) is 41.5 Å². The lowest BCUT2D eigenvalue weighted by Crippen LogP contribution is -2.22. The average molecular weight is 356 g/mol. The van der Waals surface area contributed by atoms with E-state index in [0.717, 1.165) is 47.7 Å². The van der Waals surface area contributed by atoms with Gasteiger partial charge < -0.3 is 4.90 Å². The highest BCUT2D eigenvalue weighted by Gasteiger charge is 2.16. The molecule has 6 nitrogen and oxygen atoms in total. The van der Waals surface area contributed by atoms with E-state index in [4.69, 9.17) is 4.98 Å². The van der Waals surface area contributed by atoms with Crippen LogP contribution in [-0.4, -0.2) is 51.5 Å². The Morgan fingerprint density at radius 1 is 0.852 bits per heavy atom. The fourth-order valence-corrected chi connectivity index (χ4v) is 3.44. The first-order chi connectivity index (χ1) is 13.3. The van der Waals surface area contributed by atoms with Crippen molar-refractivity contribution in [1.82, 2.24) is 24.6 Å². The van der Waals surface area contributed by atoms with Crippen molar-refractivity contribution in [2.75, 3.05) is 31.7 Å². The minimum absolute atomic E-state index is 0.830. The standard InChI is InChI=1S/C21H20N6/c1-25-10-11-26(15-25)17-6-8-18(9-7-17)27-14-16(12-23-27)21-13-22-19-4-2-3-5-20(19)24-21/h2-9,12-14H,10-11,15H2,1H3. The molecule has 0 unspecified atom stereocenters. The molecule has 0 bridgehead atoms. The highest BCUT2D eigenvalue weighted by Crippen LogP contribution is 2.22. The summed E-state index contributed by atoms with van der Waals surface area (Å²) in [5, 5.41) is 4.51. The van der Waals surface area contributed by atoms with Crippen molar-refractivity contribution in [1.29, 1.82) is 0 Å². The third-order valence-electron chi connectivity index (χ3n) is 4.97. The van der Waals surface area contributed by atoms with E-state index in [1.807, 2.05) is 41.3 Å². The van der Waals surface area contributed by atoms with E-state index in [1.165, 1.54) is 5.69 Å². The molecule has 0 spiro atoms. The molecule has 5 rings (SSSR count). The zero-order chi connectivity index (χ0) is 18.2. The van der Waals surface area contributed by atoms with Crippen LogP contribution in [0.25, 0.3) is 28.0 Å². The number of likely N-dealkylation sites (N-methyl/N-ethyl adjacent to an activating group) is 1. The molecule has 6 heteroatoms. The number of nitrogens with zero attached hydrogens (tertiary/aromatic N) is 6. The van der Waals surface area contributed by atoms with Crippen LogP contribution in [0.4, 0.5) is 5.69 Å². The summed E-state index contributed by atoms with van der Waals surface area (Å²) in [6.07, 6.45) is 5.64. The second-order valence-electron chi connectivity index (χ2n) is 6.92. The largest absolute Gasteiger partial charge is 0.357 e. The quantitative estimate of drug-likeness (QED) is 0.564. The molecular formula is C21H20N6. The first-order valence-electron chi connectivity index (χ1n) is 9.07. The van der Waals surface area contributed by atoms with E-state index in [0.29, 0.717) is 0 Å². The fourth-order valence-electron chi connectivity index (χ4n) is 3.44. The lowest BCUT2D eigenvalue weighted by molar-refractivity contribution is 0.421. The Morgan fingerprint density at radius 3 is 2.41 bits per heavy atom. The number of rotatable bonds is 3. The Morgan fingerprint density at radius 2 is 1.63 bits per heavy atom. The molecule has 3 heterocycles. The third-order valence-corrected chi connectivity index (χ3v) is 4.97. The van der Waals surface area contributed by atoms with Crippen molar-refractivity contribution in [3.63, 3.8) is 0 Å².